The largest absolute Gasteiger partial charge is 0.444 e. The van der Waals surface area contributed by atoms with Crippen molar-refractivity contribution < 1.29 is 9.53 Å². The summed E-state index contributed by atoms with van der Waals surface area (Å²) in [6, 6.07) is 5.99. The topological polar surface area (TPSA) is 71.7 Å². The van der Waals surface area contributed by atoms with Crippen LogP contribution in [0.15, 0.2) is 18.2 Å². The van der Waals surface area contributed by atoms with Gasteiger partial charge in [-0.15, -0.1) is 0 Å². The Morgan fingerprint density at radius 1 is 1.30 bits per heavy atom. The second-order valence-corrected chi connectivity index (χ2v) is 7.18. The first kappa shape index (κ1) is 17.5. The SMILES string of the molecule is C[C@@H]1CN(c2cccc(CN)n2)C[C@@H](C)N1C(=O)OC(C)(C)C. The third-order valence-corrected chi connectivity index (χ3v) is 3.85. The lowest BCUT2D eigenvalue weighted by atomic mass is 10.1. The van der Waals surface area contributed by atoms with Gasteiger partial charge in [-0.05, 0) is 46.8 Å². The smallest absolute Gasteiger partial charge is 0.410 e. The van der Waals surface area contributed by atoms with E-state index in [9.17, 15) is 4.79 Å². The Balaban J connectivity index is 2.11. The number of anilines is 1. The summed E-state index contributed by atoms with van der Waals surface area (Å²) >= 11 is 0. The molecule has 6 nitrogen and oxygen atoms in total. The summed E-state index contributed by atoms with van der Waals surface area (Å²) < 4.78 is 5.53. The third kappa shape index (κ3) is 4.34. The predicted octanol–water partition coefficient (Wildman–Crippen LogP) is 2.37. The van der Waals surface area contributed by atoms with Gasteiger partial charge in [-0.1, -0.05) is 6.07 Å². The number of pyridine rings is 1. The fraction of sp³-hybridized carbons (Fsp3) is 0.647. The Kier molecular flexibility index (Phi) is 5.14. The number of carbonyl (C=O) groups excluding carboxylic acids is 1. The number of rotatable bonds is 2. The number of hydrogen-bond acceptors (Lipinski definition) is 5. The van der Waals surface area contributed by atoms with Gasteiger partial charge in [0.15, 0.2) is 0 Å². The minimum absolute atomic E-state index is 0.0527. The Hall–Kier alpha value is -1.82. The van der Waals surface area contributed by atoms with Gasteiger partial charge in [-0.3, -0.25) is 4.90 Å². The molecule has 1 aliphatic heterocycles. The average molecular weight is 320 g/mol. The summed E-state index contributed by atoms with van der Waals surface area (Å²) in [5.41, 5.74) is 6.06. The lowest BCUT2D eigenvalue weighted by molar-refractivity contribution is 0.00560. The summed E-state index contributed by atoms with van der Waals surface area (Å²) in [6.45, 7) is 11.6. The third-order valence-electron chi connectivity index (χ3n) is 3.85. The molecule has 1 saturated heterocycles. The number of aromatic nitrogens is 1. The van der Waals surface area contributed by atoms with Crippen LogP contribution in [0.5, 0.6) is 0 Å². The van der Waals surface area contributed by atoms with Crippen molar-refractivity contribution in [3.05, 3.63) is 23.9 Å². The van der Waals surface area contributed by atoms with E-state index < -0.39 is 5.60 Å². The van der Waals surface area contributed by atoms with Crippen molar-refractivity contribution in [1.82, 2.24) is 9.88 Å². The molecule has 23 heavy (non-hydrogen) atoms. The maximum absolute atomic E-state index is 12.4. The molecule has 2 atom stereocenters. The van der Waals surface area contributed by atoms with E-state index in [-0.39, 0.29) is 18.2 Å². The summed E-state index contributed by atoms with van der Waals surface area (Å²) in [4.78, 5) is 21.0. The second-order valence-electron chi connectivity index (χ2n) is 7.18. The van der Waals surface area contributed by atoms with Crippen molar-refractivity contribution >= 4 is 11.9 Å². The number of piperazine rings is 1. The van der Waals surface area contributed by atoms with Gasteiger partial charge >= 0.3 is 6.09 Å². The van der Waals surface area contributed by atoms with Crippen LogP contribution in [-0.2, 0) is 11.3 Å². The molecule has 2 heterocycles. The summed E-state index contributed by atoms with van der Waals surface area (Å²) in [5.74, 6) is 0.912. The Bertz CT molecular complexity index is 544. The van der Waals surface area contributed by atoms with Crippen LogP contribution in [0.25, 0.3) is 0 Å². The van der Waals surface area contributed by atoms with Crippen molar-refractivity contribution in [2.75, 3.05) is 18.0 Å². The monoisotopic (exact) mass is 320 g/mol. The molecule has 6 heteroatoms. The zero-order valence-corrected chi connectivity index (χ0v) is 14.7. The summed E-state index contributed by atoms with van der Waals surface area (Å²) in [6.07, 6.45) is -0.249. The molecule has 0 bridgehead atoms. The van der Waals surface area contributed by atoms with Gasteiger partial charge in [0.05, 0.1) is 17.8 Å². The predicted molar refractivity (Wildman–Crippen MR) is 91.3 cm³/mol. The molecular formula is C17H28N4O2. The first-order valence-corrected chi connectivity index (χ1v) is 8.13. The molecule has 1 fully saturated rings. The van der Waals surface area contributed by atoms with Crippen LogP contribution < -0.4 is 10.6 Å². The van der Waals surface area contributed by atoms with E-state index >= 15 is 0 Å². The van der Waals surface area contributed by atoms with Crippen LogP contribution >= 0.6 is 0 Å². The van der Waals surface area contributed by atoms with Crippen molar-refractivity contribution in [1.29, 1.82) is 0 Å². The van der Waals surface area contributed by atoms with Crippen LogP contribution in [0, 0.1) is 0 Å². The van der Waals surface area contributed by atoms with Gasteiger partial charge < -0.3 is 15.4 Å². The number of ether oxygens (including phenoxy) is 1. The van der Waals surface area contributed by atoms with E-state index in [4.69, 9.17) is 10.5 Å². The Morgan fingerprint density at radius 3 is 2.43 bits per heavy atom. The van der Waals surface area contributed by atoms with E-state index in [1.807, 2.05) is 57.7 Å². The first-order valence-electron chi connectivity index (χ1n) is 8.13. The number of carbonyl (C=O) groups is 1. The zero-order valence-electron chi connectivity index (χ0n) is 14.7. The lowest BCUT2D eigenvalue weighted by Gasteiger charge is -2.44. The lowest BCUT2D eigenvalue weighted by Crippen LogP contribution is -2.59. The van der Waals surface area contributed by atoms with E-state index in [0.717, 1.165) is 24.6 Å². The normalized spacial score (nSPS) is 22.2. The number of amides is 1. The minimum atomic E-state index is -0.481. The van der Waals surface area contributed by atoms with Crippen LogP contribution in [-0.4, -0.2) is 46.8 Å². The van der Waals surface area contributed by atoms with Crippen LogP contribution in [0.4, 0.5) is 10.6 Å². The van der Waals surface area contributed by atoms with Gasteiger partial charge in [0.2, 0.25) is 0 Å². The highest BCUT2D eigenvalue weighted by Crippen LogP contribution is 2.23. The molecule has 2 N–H and O–H groups in total. The molecule has 0 radical (unpaired) electrons. The molecule has 1 amide bonds. The second kappa shape index (κ2) is 6.74. The van der Waals surface area contributed by atoms with E-state index in [1.165, 1.54) is 0 Å². The zero-order chi connectivity index (χ0) is 17.2. The van der Waals surface area contributed by atoms with Gasteiger partial charge in [0.1, 0.15) is 11.4 Å². The maximum Gasteiger partial charge on any atom is 0.410 e. The van der Waals surface area contributed by atoms with Gasteiger partial charge in [0, 0.05) is 19.6 Å². The highest BCUT2D eigenvalue weighted by Gasteiger charge is 2.35. The molecular weight excluding hydrogens is 292 g/mol. The Labute approximate surface area is 138 Å². The molecule has 1 aromatic rings. The first-order chi connectivity index (χ1) is 10.7. The van der Waals surface area contributed by atoms with Crippen LogP contribution in [0.3, 0.4) is 0 Å². The average Bonchev–Trinajstić information content (AvgIpc) is 2.44. The molecule has 2 rings (SSSR count). The van der Waals surface area contributed by atoms with Crippen molar-refractivity contribution in [3.8, 4) is 0 Å². The van der Waals surface area contributed by atoms with E-state index in [1.54, 1.807) is 0 Å². The van der Waals surface area contributed by atoms with E-state index in [2.05, 4.69) is 9.88 Å². The number of hydrogen-bond donors (Lipinski definition) is 1. The van der Waals surface area contributed by atoms with Gasteiger partial charge in [-0.25, -0.2) is 9.78 Å². The van der Waals surface area contributed by atoms with Crippen molar-refractivity contribution in [2.45, 2.75) is 58.8 Å². The van der Waals surface area contributed by atoms with Gasteiger partial charge in [0.25, 0.3) is 0 Å². The standard InChI is InChI=1S/C17H28N4O2/c1-12-10-20(15-8-6-7-14(9-18)19-15)11-13(2)21(12)16(22)23-17(3,4)5/h6-8,12-13H,9-11,18H2,1-5H3/t12-,13-/m1/s1. The summed E-state index contributed by atoms with van der Waals surface area (Å²) in [7, 11) is 0. The molecule has 0 spiro atoms. The fourth-order valence-electron chi connectivity index (χ4n) is 2.94. The molecule has 0 aromatic carbocycles. The molecule has 1 aromatic heterocycles. The number of nitrogens with zero attached hydrogens (tertiary/aromatic N) is 3. The molecule has 0 aliphatic carbocycles. The summed E-state index contributed by atoms with van der Waals surface area (Å²) in [5, 5.41) is 0. The minimum Gasteiger partial charge on any atom is -0.444 e. The number of nitrogens with two attached hydrogens (primary N) is 1. The molecule has 0 unspecified atom stereocenters. The highest BCUT2D eigenvalue weighted by molar-refractivity contribution is 5.69. The molecule has 1 aliphatic rings. The van der Waals surface area contributed by atoms with Crippen molar-refractivity contribution in [3.63, 3.8) is 0 Å². The van der Waals surface area contributed by atoms with Gasteiger partial charge in [-0.2, -0.15) is 0 Å². The molecule has 0 saturated carbocycles. The quantitative estimate of drug-likeness (QED) is 0.906. The van der Waals surface area contributed by atoms with Crippen molar-refractivity contribution in [2.24, 2.45) is 5.73 Å². The van der Waals surface area contributed by atoms with Crippen LogP contribution in [0.2, 0.25) is 0 Å². The highest BCUT2D eigenvalue weighted by atomic mass is 16.6. The Morgan fingerprint density at radius 2 is 1.91 bits per heavy atom. The van der Waals surface area contributed by atoms with E-state index in [0.29, 0.717) is 6.54 Å². The fourth-order valence-corrected chi connectivity index (χ4v) is 2.94. The maximum atomic E-state index is 12.4. The molecule has 128 valence electrons. The van der Waals surface area contributed by atoms with Crippen LogP contribution in [0.1, 0.15) is 40.3 Å².